The predicted octanol–water partition coefficient (Wildman–Crippen LogP) is 0.267. The highest BCUT2D eigenvalue weighted by atomic mass is 16.8. The van der Waals surface area contributed by atoms with Crippen molar-refractivity contribution < 1.29 is 85.7 Å². The van der Waals surface area contributed by atoms with E-state index in [9.17, 15) is 33.6 Å². The van der Waals surface area contributed by atoms with E-state index in [4.69, 9.17) is 52.1 Å². The molecule has 2 fully saturated rings. The third kappa shape index (κ3) is 12.1. The first-order chi connectivity index (χ1) is 24.5. The molecular weight excluding hydrogens is 698 g/mol. The number of esters is 6. The van der Waals surface area contributed by atoms with Crippen molar-refractivity contribution in [2.75, 3.05) is 20.3 Å². The Balaban J connectivity index is 2.16. The fourth-order valence-corrected chi connectivity index (χ4v) is 5.46. The standard InChI is InChI=1S/C33H43NO18/c1-15(35)34-26-29(46-19(5)39)27(24(13-43-16(2)36)50-32(26)49-23-11-9-22(42-8)10-12-23)52-33-31(48-21(7)41)30(47-20(6)40)28(45-18(4)38)25(51-33)14-44-17(3)37/h9-12,24-33H,13-14H2,1-8H3,(H,34,35). The topological polar surface area (TPSA) is 233 Å². The van der Waals surface area contributed by atoms with Crippen LogP contribution in [-0.2, 0) is 76.2 Å². The first kappa shape index (κ1) is 41.4. The quantitative estimate of drug-likeness (QED) is 0.199. The lowest BCUT2D eigenvalue weighted by atomic mass is 9.94. The van der Waals surface area contributed by atoms with Crippen molar-refractivity contribution in [2.45, 2.75) is 110 Å². The van der Waals surface area contributed by atoms with Gasteiger partial charge in [0.05, 0.1) is 7.11 Å². The zero-order valence-corrected chi connectivity index (χ0v) is 29.8. The van der Waals surface area contributed by atoms with Crippen molar-refractivity contribution in [3.8, 4) is 11.5 Å². The summed E-state index contributed by atoms with van der Waals surface area (Å²) in [4.78, 5) is 85.8. The predicted molar refractivity (Wildman–Crippen MR) is 169 cm³/mol. The maximum Gasteiger partial charge on any atom is 0.303 e. The molecule has 1 aromatic carbocycles. The fourth-order valence-electron chi connectivity index (χ4n) is 5.46. The molecule has 1 aromatic rings. The Kier molecular flexibility index (Phi) is 15.1. The monoisotopic (exact) mass is 741 g/mol. The van der Waals surface area contributed by atoms with Crippen molar-refractivity contribution in [2.24, 2.45) is 0 Å². The van der Waals surface area contributed by atoms with E-state index in [1.165, 1.54) is 14.0 Å². The minimum absolute atomic E-state index is 0.243. The van der Waals surface area contributed by atoms with Gasteiger partial charge in [-0.15, -0.1) is 0 Å². The van der Waals surface area contributed by atoms with E-state index < -0.39 is 116 Å². The molecule has 19 heteroatoms. The molecule has 2 saturated heterocycles. The van der Waals surface area contributed by atoms with Gasteiger partial charge in [-0.05, 0) is 24.3 Å². The minimum Gasteiger partial charge on any atom is -0.497 e. The number of carbonyl (C=O) groups excluding carboxylic acids is 7. The lowest BCUT2D eigenvalue weighted by Crippen LogP contribution is -2.69. The second-order valence-electron chi connectivity index (χ2n) is 11.6. The molecule has 0 aliphatic carbocycles. The van der Waals surface area contributed by atoms with E-state index in [2.05, 4.69) is 5.32 Å². The van der Waals surface area contributed by atoms with E-state index in [1.807, 2.05) is 0 Å². The molecule has 1 N–H and O–H groups in total. The van der Waals surface area contributed by atoms with E-state index in [-0.39, 0.29) is 5.75 Å². The average molecular weight is 742 g/mol. The van der Waals surface area contributed by atoms with E-state index >= 15 is 0 Å². The SMILES string of the molecule is COc1ccc(OC2OC(COC(C)=O)C(OC3OC(COC(C)=O)C(OC(C)=O)C(OC(C)=O)C3OC(C)=O)C(OC(C)=O)C2NC(C)=O)cc1. The first-order valence-electron chi connectivity index (χ1n) is 16.0. The molecule has 2 heterocycles. The van der Waals surface area contributed by atoms with Crippen LogP contribution >= 0.6 is 0 Å². The Morgan fingerprint density at radius 2 is 1.00 bits per heavy atom. The number of carbonyl (C=O) groups is 7. The van der Waals surface area contributed by atoms with Crippen LogP contribution in [-0.4, -0.2) is 123 Å². The zero-order chi connectivity index (χ0) is 38.7. The van der Waals surface area contributed by atoms with E-state index in [0.717, 1.165) is 41.5 Å². The summed E-state index contributed by atoms with van der Waals surface area (Å²) in [5, 5.41) is 2.64. The molecular formula is C33H43NO18. The maximum atomic E-state index is 12.6. The summed E-state index contributed by atoms with van der Waals surface area (Å²) < 4.78 is 62.4. The number of methoxy groups -OCH3 is 1. The average Bonchev–Trinajstić information content (AvgIpc) is 3.03. The molecule has 0 aromatic heterocycles. The van der Waals surface area contributed by atoms with Crippen LogP contribution < -0.4 is 14.8 Å². The molecule has 2 aliphatic rings. The number of benzene rings is 1. The van der Waals surface area contributed by atoms with Crippen molar-refractivity contribution in [1.82, 2.24) is 5.32 Å². The highest BCUT2D eigenvalue weighted by Crippen LogP contribution is 2.35. The van der Waals surface area contributed by atoms with E-state index in [1.54, 1.807) is 24.3 Å². The Morgan fingerprint density at radius 3 is 1.48 bits per heavy atom. The van der Waals surface area contributed by atoms with Crippen LogP contribution in [0.4, 0.5) is 0 Å². The van der Waals surface area contributed by atoms with Gasteiger partial charge in [0.2, 0.25) is 12.2 Å². The summed E-state index contributed by atoms with van der Waals surface area (Å²) in [6, 6.07) is 4.99. The highest BCUT2D eigenvalue weighted by molar-refractivity contribution is 5.73. The number of amides is 1. The smallest absolute Gasteiger partial charge is 0.303 e. The van der Waals surface area contributed by atoms with Gasteiger partial charge in [0.1, 0.15) is 49.1 Å². The van der Waals surface area contributed by atoms with Crippen LogP contribution in [0.2, 0.25) is 0 Å². The van der Waals surface area contributed by atoms with Gasteiger partial charge < -0.3 is 57.4 Å². The Morgan fingerprint density at radius 1 is 0.558 bits per heavy atom. The van der Waals surface area contributed by atoms with Gasteiger partial charge in [0.25, 0.3) is 0 Å². The second kappa shape index (κ2) is 19.0. The van der Waals surface area contributed by atoms with Gasteiger partial charge in [-0.1, -0.05) is 0 Å². The van der Waals surface area contributed by atoms with Crippen LogP contribution in [0.15, 0.2) is 24.3 Å². The maximum absolute atomic E-state index is 12.6. The largest absolute Gasteiger partial charge is 0.497 e. The molecule has 0 bridgehead atoms. The van der Waals surface area contributed by atoms with Crippen molar-refractivity contribution >= 4 is 41.7 Å². The van der Waals surface area contributed by atoms with Gasteiger partial charge in [-0.25, -0.2) is 0 Å². The van der Waals surface area contributed by atoms with Crippen LogP contribution in [0.1, 0.15) is 48.5 Å². The molecule has 0 spiro atoms. The Hall–Kier alpha value is -5.01. The Bertz CT molecular complexity index is 1450. The molecule has 10 atom stereocenters. The van der Waals surface area contributed by atoms with Crippen molar-refractivity contribution in [1.29, 1.82) is 0 Å². The number of hydrogen-bond donors (Lipinski definition) is 1. The molecule has 10 unspecified atom stereocenters. The van der Waals surface area contributed by atoms with E-state index in [0.29, 0.717) is 5.75 Å². The van der Waals surface area contributed by atoms with Crippen LogP contribution in [0.3, 0.4) is 0 Å². The van der Waals surface area contributed by atoms with Crippen molar-refractivity contribution in [3.05, 3.63) is 24.3 Å². The third-order valence-corrected chi connectivity index (χ3v) is 7.32. The van der Waals surface area contributed by atoms with Crippen molar-refractivity contribution in [3.63, 3.8) is 0 Å². The van der Waals surface area contributed by atoms with Crippen LogP contribution in [0, 0.1) is 0 Å². The minimum atomic E-state index is -1.77. The second-order valence-corrected chi connectivity index (χ2v) is 11.6. The van der Waals surface area contributed by atoms with Gasteiger partial charge in [-0.3, -0.25) is 33.6 Å². The highest BCUT2D eigenvalue weighted by Gasteiger charge is 2.57. The van der Waals surface area contributed by atoms with Crippen LogP contribution in [0.25, 0.3) is 0 Å². The normalized spacial score (nSPS) is 28.2. The molecule has 288 valence electrons. The lowest BCUT2D eigenvalue weighted by Gasteiger charge is -2.49. The number of hydrogen-bond acceptors (Lipinski definition) is 18. The molecule has 0 radical (unpaired) electrons. The molecule has 0 saturated carbocycles. The third-order valence-electron chi connectivity index (χ3n) is 7.32. The first-order valence-corrected chi connectivity index (χ1v) is 16.0. The number of rotatable bonds is 14. The van der Waals surface area contributed by atoms with Gasteiger partial charge in [-0.2, -0.15) is 0 Å². The number of ether oxygens (including phenoxy) is 11. The van der Waals surface area contributed by atoms with Gasteiger partial charge in [0.15, 0.2) is 30.7 Å². The lowest BCUT2D eigenvalue weighted by molar-refractivity contribution is -0.345. The summed E-state index contributed by atoms with van der Waals surface area (Å²) in [5.74, 6) is -4.80. The molecule has 19 nitrogen and oxygen atoms in total. The zero-order valence-electron chi connectivity index (χ0n) is 29.8. The fraction of sp³-hybridized carbons (Fsp3) is 0.606. The molecule has 3 rings (SSSR count). The molecule has 52 heavy (non-hydrogen) atoms. The summed E-state index contributed by atoms with van der Waals surface area (Å²) in [7, 11) is 1.47. The summed E-state index contributed by atoms with van der Waals surface area (Å²) in [6.07, 6.45) is -13.7. The number of nitrogens with one attached hydrogen (secondary N) is 1. The van der Waals surface area contributed by atoms with Gasteiger partial charge in [0, 0.05) is 48.5 Å². The summed E-state index contributed by atoms with van der Waals surface area (Å²) in [5.41, 5.74) is 0. The summed E-state index contributed by atoms with van der Waals surface area (Å²) >= 11 is 0. The molecule has 1 amide bonds. The van der Waals surface area contributed by atoms with Gasteiger partial charge >= 0.3 is 35.8 Å². The molecule has 2 aliphatic heterocycles. The Labute approximate surface area is 298 Å². The van der Waals surface area contributed by atoms with Crippen LogP contribution in [0.5, 0.6) is 11.5 Å². The summed E-state index contributed by atoms with van der Waals surface area (Å²) in [6.45, 7) is 6.58.